The summed E-state index contributed by atoms with van der Waals surface area (Å²) in [5.41, 5.74) is 0. The van der Waals surface area contributed by atoms with E-state index in [1.54, 1.807) is 6.08 Å². The molecule has 0 aliphatic rings. The summed E-state index contributed by atoms with van der Waals surface area (Å²) in [6, 6.07) is 0. The fraction of sp³-hybridized carbons (Fsp3) is 0.765. The van der Waals surface area contributed by atoms with Crippen LogP contribution in [0.3, 0.4) is 0 Å². The monoisotopic (exact) mass is 284 g/mol. The van der Waals surface area contributed by atoms with E-state index in [0.29, 0.717) is 0 Å². The van der Waals surface area contributed by atoms with E-state index in [1.807, 2.05) is 12.2 Å². The Morgan fingerprint density at radius 1 is 0.850 bits per heavy atom. The van der Waals surface area contributed by atoms with Gasteiger partial charge in [0.15, 0.2) is 0 Å². The third-order valence-corrected chi connectivity index (χ3v) is 3.36. The van der Waals surface area contributed by atoms with Crippen molar-refractivity contribution in [2.45, 2.75) is 76.4 Å². The summed E-state index contributed by atoms with van der Waals surface area (Å²) >= 11 is 0. The molecular formula is C17H32O3. The van der Waals surface area contributed by atoms with E-state index in [1.165, 1.54) is 38.5 Å². The molecule has 0 bridgehead atoms. The second kappa shape index (κ2) is 14.8. The molecular weight excluding hydrogens is 252 g/mol. The van der Waals surface area contributed by atoms with Gasteiger partial charge in [-0.2, -0.15) is 0 Å². The van der Waals surface area contributed by atoms with Crippen molar-refractivity contribution in [2.24, 2.45) is 0 Å². The predicted octanol–water partition coefficient (Wildman–Crippen LogP) is 3.34. The molecule has 3 N–H and O–H groups in total. The van der Waals surface area contributed by atoms with Gasteiger partial charge in [-0.15, -0.1) is 6.58 Å². The Balaban J connectivity index is 3.28. The number of rotatable bonds is 14. The third kappa shape index (κ3) is 13.8. The maximum Gasteiger partial charge on any atom is 0.0798 e. The van der Waals surface area contributed by atoms with Crippen LogP contribution in [0.25, 0.3) is 0 Å². The molecule has 0 spiro atoms. The molecule has 0 aromatic rings. The van der Waals surface area contributed by atoms with Crippen LogP contribution in [-0.4, -0.2) is 34.1 Å². The van der Waals surface area contributed by atoms with Gasteiger partial charge in [0.25, 0.3) is 0 Å². The second-order valence-electron chi connectivity index (χ2n) is 5.41. The molecule has 2 atom stereocenters. The number of aliphatic hydroxyl groups excluding tert-OH is 3. The minimum atomic E-state index is -0.823. The zero-order chi connectivity index (χ0) is 15.1. The Morgan fingerprint density at radius 2 is 1.40 bits per heavy atom. The van der Waals surface area contributed by atoms with Gasteiger partial charge in [-0.05, 0) is 25.7 Å². The van der Waals surface area contributed by atoms with E-state index in [4.69, 9.17) is 10.2 Å². The minimum absolute atomic E-state index is 0.206. The van der Waals surface area contributed by atoms with Crippen molar-refractivity contribution in [3.05, 3.63) is 24.8 Å². The number of hydrogen-bond acceptors (Lipinski definition) is 3. The molecule has 20 heavy (non-hydrogen) atoms. The molecule has 0 aliphatic carbocycles. The first-order valence-electron chi connectivity index (χ1n) is 7.95. The predicted molar refractivity (Wildman–Crippen MR) is 84.6 cm³/mol. The van der Waals surface area contributed by atoms with Gasteiger partial charge < -0.3 is 15.3 Å². The van der Waals surface area contributed by atoms with Crippen LogP contribution in [-0.2, 0) is 0 Å². The van der Waals surface area contributed by atoms with Gasteiger partial charge in [0.2, 0.25) is 0 Å². The molecule has 0 aromatic carbocycles. The van der Waals surface area contributed by atoms with Crippen LogP contribution < -0.4 is 0 Å². The molecule has 0 radical (unpaired) electrons. The number of hydrogen-bond donors (Lipinski definition) is 3. The van der Waals surface area contributed by atoms with Crippen molar-refractivity contribution >= 4 is 0 Å². The first-order valence-corrected chi connectivity index (χ1v) is 7.95. The molecule has 0 aromatic heterocycles. The van der Waals surface area contributed by atoms with Crippen molar-refractivity contribution in [1.82, 2.24) is 0 Å². The molecule has 3 nitrogen and oxygen atoms in total. The smallest absolute Gasteiger partial charge is 0.0798 e. The summed E-state index contributed by atoms with van der Waals surface area (Å²) in [6.07, 6.45) is 15.4. The summed E-state index contributed by atoms with van der Waals surface area (Å²) in [5.74, 6) is 0. The Hall–Kier alpha value is -0.640. The van der Waals surface area contributed by atoms with Crippen molar-refractivity contribution in [3.63, 3.8) is 0 Å². The lowest BCUT2D eigenvalue weighted by atomic mass is 10.1. The van der Waals surface area contributed by atoms with Crippen LogP contribution in [0, 0.1) is 0 Å². The molecule has 0 saturated carbocycles. The molecule has 0 saturated heterocycles. The number of allylic oxidation sites excluding steroid dienone is 2. The minimum Gasteiger partial charge on any atom is -0.394 e. The summed E-state index contributed by atoms with van der Waals surface area (Å²) in [6.45, 7) is 3.42. The van der Waals surface area contributed by atoms with Crippen molar-refractivity contribution in [3.8, 4) is 0 Å². The molecule has 0 amide bonds. The molecule has 0 heterocycles. The summed E-state index contributed by atoms with van der Waals surface area (Å²) in [7, 11) is 0. The van der Waals surface area contributed by atoms with Crippen molar-refractivity contribution in [2.75, 3.05) is 6.61 Å². The van der Waals surface area contributed by atoms with Crippen LogP contribution in [0.5, 0.6) is 0 Å². The molecule has 0 rings (SSSR count). The number of unbranched alkanes of at least 4 members (excludes halogenated alkanes) is 8. The van der Waals surface area contributed by atoms with E-state index in [9.17, 15) is 5.11 Å². The molecule has 0 aliphatic heterocycles. The second-order valence-corrected chi connectivity index (χ2v) is 5.41. The van der Waals surface area contributed by atoms with Gasteiger partial charge in [0.1, 0.15) is 0 Å². The molecule has 118 valence electrons. The highest BCUT2D eigenvalue weighted by Gasteiger charge is 2.07. The maximum absolute atomic E-state index is 9.53. The van der Waals surface area contributed by atoms with Crippen molar-refractivity contribution < 1.29 is 15.3 Å². The largest absolute Gasteiger partial charge is 0.394 e. The topological polar surface area (TPSA) is 60.7 Å². The quantitative estimate of drug-likeness (QED) is 0.339. The van der Waals surface area contributed by atoms with Gasteiger partial charge in [-0.1, -0.05) is 50.3 Å². The highest BCUT2D eigenvalue weighted by atomic mass is 16.3. The van der Waals surface area contributed by atoms with Gasteiger partial charge in [0, 0.05) is 6.42 Å². The Bertz CT molecular complexity index is 238. The lowest BCUT2D eigenvalue weighted by molar-refractivity contribution is 0.0556. The third-order valence-electron chi connectivity index (χ3n) is 3.36. The summed E-state index contributed by atoms with van der Waals surface area (Å²) < 4.78 is 0. The Kier molecular flexibility index (Phi) is 14.3. The van der Waals surface area contributed by atoms with Crippen LogP contribution in [0.1, 0.15) is 64.2 Å². The average Bonchev–Trinajstić information content (AvgIpc) is 2.44. The Labute approximate surface area is 124 Å². The van der Waals surface area contributed by atoms with Crippen LogP contribution in [0.15, 0.2) is 24.8 Å². The van der Waals surface area contributed by atoms with E-state index in [-0.39, 0.29) is 13.0 Å². The fourth-order valence-corrected chi connectivity index (χ4v) is 2.12. The van der Waals surface area contributed by atoms with Gasteiger partial charge in [-0.3, -0.25) is 0 Å². The molecule has 0 unspecified atom stereocenters. The van der Waals surface area contributed by atoms with Crippen molar-refractivity contribution in [1.29, 1.82) is 0 Å². The van der Waals surface area contributed by atoms with E-state index >= 15 is 0 Å². The van der Waals surface area contributed by atoms with E-state index < -0.39 is 12.2 Å². The fourth-order valence-electron chi connectivity index (χ4n) is 2.12. The average molecular weight is 284 g/mol. The van der Waals surface area contributed by atoms with Crippen LogP contribution >= 0.6 is 0 Å². The SMILES string of the molecule is C=CCCCCCCCCC/C=C/[C@H](O)C[C@H](O)CO. The lowest BCUT2D eigenvalue weighted by Crippen LogP contribution is -2.19. The van der Waals surface area contributed by atoms with Gasteiger partial charge in [-0.25, -0.2) is 0 Å². The van der Waals surface area contributed by atoms with E-state index in [0.717, 1.165) is 19.3 Å². The van der Waals surface area contributed by atoms with Gasteiger partial charge >= 0.3 is 0 Å². The summed E-state index contributed by atoms with van der Waals surface area (Å²) in [5, 5.41) is 27.3. The standard InChI is InChI=1S/C17H32O3/c1-2-3-4-5-6-7-8-9-10-11-12-13-16(19)14-17(20)15-18/h2,12-13,16-20H,1,3-11,14-15H2/b13-12+/t16-,17-/m0/s1. The van der Waals surface area contributed by atoms with E-state index in [2.05, 4.69) is 6.58 Å². The zero-order valence-corrected chi connectivity index (χ0v) is 12.7. The first kappa shape index (κ1) is 19.4. The Morgan fingerprint density at radius 3 is 1.95 bits per heavy atom. The molecule has 3 heteroatoms. The highest BCUT2D eigenvalue weighted by Crippen LogP contribution is 2.10. The highest BCUT2D eigenvalue weighted by molar-refractivity contribution is 4.89. The summed E-state index contributed by atoms with van der Waals surface area (Å²) in [4.78, 5) is 0. The molecule has 0 fully saturated rings. The number of aliphatic hydroxyl groups is 3. The van der Waals surface area contributed by atoms with Gasteiger partial charge in [0.05, 0.1) is 18.8 Å². The first-order chi connectivity index (χ1) is 9.70. The van der Waals surface area contributed by atoms with Crippen LogP contribution in [0.4, 0.5) is 0 Å². The lowest BCUT2D eigenvalue weighted by Gasteiger charge is -2.09. The van der Waals surface area contributed by atoms with Crippen LogP contribution in [0.2, 0.25) is 0 Å². The zero-order valence-electron chi connectivity index (χ0n) is 12.7. The normalized spacial score (nSPS) is 14.6. The maximum atomic E-state index is 9.53.